The Bertz CT molecular complexity index is 773. The Morgan fingerprint density at radius 2 is 2.00 bits per heavy atom. The lowest BCUT2D eigenvalue weighted by molar-refractivity contribution is -0.150. The van der Waals surface area contributed by atoms with E-state index in [1.807, 2.05) is 30.3 Å². The lowest BCUT2D eigenvalue weighted by atomic mass is 9.59. The Hall–Kier alpha value is -2.21. The molecule has 5 atom stereocenters. The number of ether oxygens (including phenoxy) is 1. The Morgan fingerprint density at radius 3 is 2.75 bits per heavy atom. The van der Waals surface area contributed by atoms with Crippen LogP contribution in [0.25, 0.3) is 0 Å². The third-order valence-corrected chi connectivity index (χ3v) is 5.74. The molecule has 0 unspecified atom stereocenters. The molecule has 2 aliphatic heterocycles. The SMILES string of the molecule is O=C1NC(=O)[C@@]2(F)[C@@H]3C=C[C@@H](c4ccccc43)[C@H]2N1[C@@H]1CCCO1. The van der Waals surface area contributed by atoms with Gasteiger partial charge in [-0.2, -0.15) is 0 Å². The smallest absolute Gasteiger partial charge is 0.326 e. The van der Waals surface area contributed by atoms with Gasteiger partial charge in [-0.05, 0) is 24.0 Å². The fourth-order valence-electron chi connectivity index (χ4n) is 4.75. The fraction of sp³-hybridized carbons (Fsp3) is 0.444. The van der Waals surface area contributed by atoms with Gasteiger partial charge in [-0.3, -0.25) is 15.0 Å². The normalized spacial score (nSPS) is 39.6. The third kappa shape index (κ3) is 1.57. The van der Waals surface area contributed by atoms with Gasteiger partial charge in [-0.1, -0.05) is 36.4 Å². The first-order chi connectivity index (χ1) is 11.6. The number of urea groups is 1. The number of carbonyl (C=O) groups is 2. The zero-order valence-corrected chi connectivity index (χ0v) is 12.9. The number of benzene rings is 1. The minimum absolute atomic E-state index is 0.338. The first kappa shape index (κ1) is 14.2. The van der Waals surface area contributed by atoms with Gasteiger partial charge in [0.25, 0.3) is 5.91 Å². The largest absolute Gasteiger partial charge is 0.358 e. The predicted molar refractivity (Wildman–Crippen MR) is 83.0 cm³/mol. The monoisotopic (exact) mass is 328 g/mol. The Kier molecular flexibility index (Phi) is 2.75. The van der Waals surface area contributed by atoms with E-state index < -0.39 is 35.8 Å². The van der Waals surface area contributed by atoms with Gasteiger partial charge in [0, 0.05) is 18.4 Å². The van der Waals surface area contributed by atoms with E-state index in [0.29, 0.717) is 13.0 Å². The van der Waals surface area contributed by atoms with Gasteiger partial charge in [0.2, 0.25) is 5.67 Å². The van der Waals surface area contributed by atoms with E-state index in [-0.39, 0.29) is 5.92 Å². The van der Waals surface area contributed by atoms with Crippen molar-refractivity contribution >= 4 is 11.9 Å². The van der Waals surface area contributed by atoms with E-state index in [2.05, 4.69) is 5.32 Å². The summed E-state index contributed by atoms with van der Waals surface area (Å²) in [7, 11) is 0. The average Bonchev–Trinajstić information content (AvgIpc) is 3.11. The number of carbonyl (C=O) groups excluding carboxylic acids is 2. The van der Waals surface area contributed by atoms with E-state index in [4.69, 9.17) is 4.74 Å². The zero-order chi connectivity index (χ0) is 16.5. The number of hydrogen-bond donors (Lipinski definition) is 1. The second-order valence-electron chi connectivity index (χ2n) is 6.86. The van der Waals surface area contributed by atoms with Crippen molar-refractivity contribution in [2.75, 3.05) is 6.61 Å². The number of alkyl halides is 1. The minimum atomic E-state index is -2.16. The van der Waals surface area contributed by atoms with E-state index in [1.54, 1.807) is 6.08 Å². The van der Waals surface area contributed by atoms with Crippen molar-refractivity contribution < 1.29 is 18.7 Å². The summed E-state index contributed by atoms with van der Waals surface area (Å²) < 4.78 is 21.8. The van der Waals surface area contributed by atoms with Crippen LogP contribution >= 0.6 is 0 Å². The van der Waals surface area contributed by atoms with E-state index in [0.717, 1.165) is 17.5 Å². The third-order valence-electron chi connectivity index (χ3n) is 5.74. The number of rotatable bonds is 1. The molecule has 1 aromatic rings. The fourth-order valence-corrected chi connectivity index (χ4v) is 4.75. The number of nitrogens with one attached hydrogen (secondary N) is 1. The number of allylic oxidation sites excluding steroid dienone is 1. The van der Waals surface area contributed by atoms with Crippen LogP contribution in [-0.4, -0.2) is 41.4 Å². The summed E-state index contributed by atoms with van der Waals surface area (Å²) in [5.74, 6) is -1.85. The van der Waals surface area contributed by atoms with Crippen LogP contribution in [0.4, 0.5) is 9.18 Å². The van der Waals surface area contributed by atoms with Crippen molar-refractivity contribution in [3.8, 4) is 0 Å². The van der Waals surface area contributed by atoms with Gasteiger partial charge < -0.3 is 4.74 Å². The molecule has 2 heterocycles. The lowest BCUT2D eigenvalue weighted by Gasteiger charge is -2.55. The molecule has 0 aromatic heterocycles. The second kappa shape index (κ2) is 4.66. The zero-order valence-electron chi connectivity index (χ0n) is 12.9. The molecule has 6 heteroatoms. The molecular formula is C18H17FN2O3. The van der Waals surface area contributed by atoms with Gasteiger partial charge >= 0.3 is 6.03 Å². The van der Waals surface area contributed by atoms with Crippen molar-refractivity contribution in [2.45, 2.75) is 42.6 Å². The van der Waals surface area contributed by atoms with Crippen LogP contribution in [0.3, 0.4) is 0 Å². The van der Waals surface area contributed by atoms with Crippen LogP contribution in [0, 0.1) is 0 Å². The summed E-state index contributed by atoms with van der Waals surface area (Å²) in [4.78, 5) is 26.4. The van der Waals surface area contributed by atoms with Crippen LogP contribution in [0.1, 0.15) is 35.8 Å². The maximum atomic E-state index is 16.1. The van der Waals surface area contributed by atoms with E-state index >= 15 is 4.39 Å². The molecule has 24 heavy (non-hydrogen) atoms. The number of nitrogens with zero attached hydrogens (tertiary/aromatic N) is 1. The van der Waals surface area contributed by atoms with Crippen LogP contribution in [0.15, 0.2) is 36.4 Å². The van der Waals surface area contributed by atoms with Gasteiger partial charge in [-0.15, -0.1) is 0 Å². The summed E-state index contributed by atoms with van der Waals surface area (Å²) in [6, 6.07) is 6.19. The number of hydrogen-bond acceptors (Lipinski definition) is 3. The number of amides is 3. The highest BCUT2D eigenvalue weighted by atomic mass is 19.1. The maximum Gasteiger partial charge on any atom is 0.326 e. The second-order valence-corrected chi connectivity index (χ2v) is 6.86. The summed E-state index contributed by atoms with van der Waals surface area (Å²) in [5, 5.41) is 2.22. The molecule has 0 radical (unpaired) electrons. The molecule has 2 fully saturated rings. The van der Waals surface area contributed by atoms with Gasteiger partial charge in [-0.25, -0.2) is 9.18 Å². The molecule has 2 saturated heterocycles. The lowest BCUT2D eigenvalue weighted by Crippen LogP contribution is -2.74. The highest BCUT2D eigenvalue weighted by molar-refractivity contribution is 6.04. The number of imide groups is 1. The molecule has 6 rings (SSSR count). The van der Waals surface area contributed by atoms with Gasteiger partial charge in [0.05, 0.1) is 6.04 Å². The van der Waals surface area contributed by atoms with E-state index in [9.17, 15) is 9.59 Å². The molecule has 0 saturated carbocycles. The first-order valence-electron chi connectivity index (χ1n) is 8.34. The van der Waals surface area contributed by atoms with Gasteiger partial charge in [0.15, 0.2) is 0 Å². The van der Waals surface area contributed by atoms with Crippen molar-refractivity contribution in [1.82, 2.24) is 10.2 Å². The molecule has 0 spiro atoms. The maximum absolute atomic E-state index is 16.1. The highest BCUT2D eigenvalue weighted by Crippen LogP contribution is 2.56. The van der Waals surface area contributed by atoms with Crippen molar-refractivity contribution in [1.29, 1.82) is 0 Å². The topological polar surface area (TPSA) is 58.6 Å². The highest BCUT2D eigenvalue weighted by Gasteiger charge is 2.66. The van der Waals surface area contributed by atoms with Crippen LogP contribution in [0.2, 0.25) is 0 Å². The molecule has 5 nitrogen and oxygen atoms in total. The van der Waals surface area contributed by atoms with Crippen molar-refractivity contribution in [3.05, 3.63) is 47.5 Å². The quantitative estimate of drug-likeness (QED) is 0.804. The van der Waals surface area contributed by atoms with Crippen LogP contribution < -0.4 is 5.32 Å². The molecule has 5 aliphatic rings. The number of halogens is 1. The molecule has 124 valence electrons. The average molecular weight is 328 g/mol. The molecule has 3 amide bonds. The molecule has 2 bridgehead atoms. The molecule has 1 N–H and O–H groups in total. The van der Waals surface area contributed by atoms with Gasteiger partial charge in [0.1, 0.15) is 6.23 Å². The molecule has 3 aliphatic carbocycles. The Labute approximate surface area is 138 Å². The predicted octanol–water partition coefficient (Wildman–Crippen LogP) is 2.20. The summed E-state index contributed by atoms with van der Waals surface area (Å²) in [6.07, 6.45) is 4.72. The summed E-state index contributed by atoms with van der Waals surface area (Å²) in [6.45, 7) is 0.551. The summed E-state index contributed by atoms with van der Waals surface area (Å²) in [5.41, 5.74) is -0.331. The Balaban J connectivity index is 1.70. The van der Waals surface area contributed by atoms with Crippen molar-refractivity contribution in [3.63, 3.8) is 0 Å². The molecule has 1 aromatic carbocycles. The standard InChI is InChI=1S/C18H17FN2O3/c19-18-13-8-7-12(10-4-1-2-5-11(10)13)15(18)21(14-6-3-9-24-14)17(23)20-16(18)22/h1-2,4-5,7-8,12-15H,3,6,9H2,(H,20,22,23)/t12-,13+,14-,15+,18+/m0/s1. The van der Waals surface area contributed by atoms with Crippen LogP contribution in [-0.2, 0) is 9.53 Å². The molecular weight excluding hydrogens is 311 g/mol. The van der Waals surface area contributed by atoms with Crippen molar-refractivity contribution in [2.24, 2.45) is 0 Å². The van der Waals surface area contributed by atoms with Crippen LogP contribution in [0.5, 0.6) is 0 Å². The Morgan fingerprint density at radius 1 is 1.21 bits per heavy atom. The first-order valence-corrected chi connectivity index (χ1v) is 8.34. The van der Waals surface area contributed by atoms with E-state index in [1.165, 1.54) is 4.90 Å². The minimum Gasteiger partial charge on any atom is -0.358 e. The summed E-state index contributed by atoms with van der Waals surface area (Å²) >= 11 is 0.